The molecule has 1 fully saturated rings. The molecule has 3 rings (SSSR count). The summed E-state index contributed by atoms with van der Waals surface area (Å²) in [5, 5.41) is 3.59. The Hall–Kier alpha value is -1.59. The van der Waals surface area contributed by atoms with E-state index in [1.54, 1.807) is 35.6 Å². The molecule has 0 saturated carbocycles. The highest BCUT2D eigenvalue weighted by Crippen LogP contribution is 2.20. The Morgan fingerprint density at radius 1 is 1.25 bits per heavy atom. The molecule has 104 valence electrons. The number of benzene rings is 1. The monoisotopic (exact) mass is 307 g/mol. The SMILES string of the molecule is O=C(c1cccc(Cl)c1)N1CCN(c2nccs2)CC1. The minimum absolute atomic E-state index is 0.0475. The van der Waals surface area contributed by atoms with Crippen LogP contribution in [0.4, 0.5) is 5.13 Å². The van der Waals surface area contributed by atoms with Gasteiger partial charge in [-0.25, -0.2) is 4.98 Å². The van der Waals surface area contributed by atoms with E-state index in [0.717, 1.165) is 18.2 Å². The fraction of sp³-hybridized carbons (Fsp3) is 0.286. The smallest absolute Gasteiger partial charge is 0.254 e. The van der Waals surface area contributed by atoms with E-state index >= 15 is 0 Å². The number of aromatic nitrogens is 1. The van der Waals surface area contributed by atoms with Crippen LogP contribution in [0.15, 0.2) is 35.8 Å². The van der Waals surface area contributed by atoms with Gasteiger partial charge in [-0.2, -0.15) is 0 Å². The summed E-state index contributed by atoms with van der Waals surface area (Å²) in [6, 6.07) is 7.11. The van der Waals surface area contributed by atoms with Gasteiger partial charge in [0, 0.05) is 48.3 Å². The molecule has 1 aliphatic heterocycles. The predicted molar refractivity (Wildman–Crippen MR) is 81.7 cm³/mol. The van der Waals surface area contributed by atoms with Crippen LogP contribution in [0, 0.1) is 0 Å². The first-order valence-electron chi connectivity index (χ1n) is 6.43. The molecule has 0 N–H and O–H groups in total. The van der Waals surface area contributed by atoms with Gasteiger partial charge in [0.25, 0.3) is 5.91 Å². The van der Waals surface area contributed by atoms with Gasteiger partial charge in [0.15, 0.2) is 5.13 Å². The number of anilines is 1. The molecule has 1 saturated heterocycles. The van der Waals surface area contributed by atoms with Crippen LogP contribution >= 0.6 is 22.9 Å². The van der Waals surface area contributed by atoms with Crippen molar-refractivity contribution in [1.82, 2.24) is 9.88 Å². The maximum atomic E-state index is 12.4. The number of carbonyl (C=O) groups excluding carboxylic acids is 1. The number of amides is 1. The highest BCUT2D eigenvalue weighted by molar-refractivity contribution is 7.13. The van der Waals surface area contributed by atoms with Crippen molar-refractivity contribution in [3.05, 3.63) is 46.4 Å². The summed E-state index contributed by atoms with van der Waals surface area (Å²) in [7, 11) is 0. The second-order valence-corrected chi connectivity index (χ2v) is 5.91. The summed E-state index contributed by atoms with van der Waals surface area (Å²) in [4.78, 5) is 20.8. The fourth-order valence-electron chi connectivity index (χ4n) is 2.28. The molecule has 0 unspecified atom stereocenters. The van der Waals surface area contributed by atoms with Gasteiger partial charge < -0.3 is 9.80 Å². The Kier molecular flexibility index (Phi) is 3.89. The lowest BCUT2D eigenvalue weighted by atomic mass is 10.2. The lowest BCUT2D eigenvalue weighted by molar-refractivity contribution is 0.0747. The van der Waals surface area contributed by atoms with Gasteiger partial charge in [0.05, 0.1) is 0 Å². The molecule has 0 radical (unpaired) electrons. The van der Waals surface area contributed by atoms with E-state index in [1.165, 1.54) is 0 Å². The van der Waals surface area contributed by atoms with Gasteiger partial charge in [-0.3, -0.25) is 4.79 Å². The summed E-state index contributed by atoms with van der Waals surface area (Å²) in [6.07, 6.45) is 1.81. The van der Waals surface area contributed by atoms with E-state index in [0.29, 0.717) is 23.7 Å². The van der Waals surface area contributed by atoms with Crippen molar-refractivity contribution in [3.63, 3.8) is 0 Å². The molecule has 0 spiro atoms. The largest absolute Gasteiger partial charge is 0.345 e. The quantitative estimate of drug-likeness (QED) is 0.856. The van der Waals surface area contributed by atoms with Crippen LogP contribution in [-0.4, -0.2) is 42.0 Å². The highest BCUT2D eigenvalue weighted by Gasteiger charge is 2.23. The predicted octanol–water partition coefficient (Wildman–Crippen LogP) is 2.76. The van der Waals surface area contributed by atoms with Crippen molar-refractivity contribution in [2.75, 3.05) is 31.1 Å². The summed E-state index contributed by atoms with van der Waals surface area (Å²) in [5.74, 6) is 0.0475. The maximum absolute atomic E-state index is 12.4. The lowest BCUT2D eigenvalue weighted by Gasteiger charge is -2.34. The minimum atomic E-state index is 0.0475. The number of thiazole rings is 1. The van der Waals surface area contributed by atoms with Crippen molar-refractivity contribution in [2.24, 2.45) is 0 Å². The van der Waals surface area contributed by atoms with Gasteiger partial charge >= 0.3 is 0 Å². The van der Waals surface area contributed by atoms with E-state index < -0.39 is 0 Å². The van der Waals surface area contributed by atoms with E-state index in [-0.39, 0.29) is 5.91 Å². The number of piperazine rings is 1. The zero-order valence-electron chi connectivity index (χ0n) is 10.8. The molecule has 4 nitrogen and oxygen atoms in total. The second-order valence-electron chi connectivity index (χ2n) is 4.60. The molecule has 0 atom stereocenters. The van der Waals surface area contributed by atoms with Crippen LogP contribution in [0.3, 0.4) is 0 Å². The van der Waals surface area contributed by atoms with Crippen molar-refractivity contribution >= 4 is 34.0 Å². The first kappa shape index (κ1) is 13.4. The highest BCUT2D eigenvalue weighted by atomic mass is 35.5. The number of carbonyl (C=O) groups is 1. The van der Waals surface area contributed by atoms with E-state index in [9.17, 15) is 4.79 Å². The average molecular weight is 308 g/mol. The molecule has 2 aromatic rings. The third kappa shape index (κ3) is 2.78. The molecule has 0 aliphatic carbocycles. The van der Waals surface area contributed by atoms with Crippen molar-refractivity contribution in [1.29, 1.82) is 0 Å². The topological polar surface area (TPSA) is 36.4 Å². The minimum Gasteiger partial charge on any atom is -0.345 e. The first-order chi connectivity index (χ1) is 9.74. The van der Waals surface area contributed by atoms with E-state index in [2.05, 4.69) is 9.88 Å². The van der Waals surface area contributed by atoms with Crippen LogP contribution in [-0.2, 0) is 0 Å². The maximum Gasteiger partial charge on any atom is 0.254 e. The summed E-state index contributed by atoms with van der Waals surface area (Å²) in [6.45, 7) is 3.06. The number of rotatable bonds is 2. The van der Waals surface area contributed by atoms with Gasteiger partial charge in [-0.15, -0.1) is 11.3 Å². The van der Waals surface area contributed by atoms with Crippen LogP contribution in [0.5, 0.6) is 0 Å². The molecule has 1 amide bonds. The van der Waals surface area contributed by atoms with E-state index in [4.69, 9.17) is 11.6 Å². The molecule has 6 heteroatoms. The summed E-state index contributed by atoms with van der Waals surface area (Å²) < 4.78 is 0. The molecule has 1 aliphatic rings. The first-order valence-corrected chi connectivity index (χ1v) is 7.69. The Labute approximate surface area is 126 Å². The summed E-state index contributed by atoms with van der Waals surface area (Å²) >= 11 is 7.56. The summed E-state index contributed by atoms with van der Waals surface area (Å²) in [5.41, 5.74) is 0.653. The van der Waals surface area contributed by atoms with Crippen molar-refractivity contribution in [3.8, 4) is 0 Å². The zero-order valence-corrected chi connectivity index (χ0v) is 12.4. The standard InChI is InChI=1S/C14H14ClN3OS/c15-12-3-1-2-11(10-12)13(19)17-5-7-18(8-6-17)14-16-4-9-20-14/h1-4,9-10H,5-8H2. The molecule has 2 heterocycles. The van der Waals surface area contributed by atoms with Crippen LogP contribution in [0.25, 0.3) is 0 Å². The van der Waals surface area contributed by atoms with Crippen molar-refractivity contribution < 1.29 is 4.79 Å². The Morgan fingerprint density at radius 2 is 2.05 bits per heavy atom. The molecular weight excluding hydrogens is 294 g/mol. The Morgan fingerprint density at radius 3 is 2.70 bits per heavy atom. The van der Waals surface area contributed by atoms with Gasteiger partial charge in [-0.05, 0) is 18.2 Å². The average Bonchev–Trinajstić information content (AvgIpc) is 3.01. The number of hydrogen-bond acceptors (Lipinski definition) is 4. The van der Waals surface area contributed by atoms with Gasteiger partial charge in [0.2, 0.25) is 0 Å². The zero-order chi connectivity index (χ0) is 13.9. The molecule has 1 aromatic carbocycles. The lowest BCUT2D eigenvalue weighted by Crippen LogP contribution is -2.48. The molecule has 20 heavy (non-hydrogen) atoms. The fourth-order valence-corrected chi connectivity index (χ4v) is 3.16. The van der Waals surface area contributed by atoms with Crippen LogP contribution in [0.1, 0.15) is 10.4 Å². The third-order valence-electron chi connectivity index (χ3n) is 3.33. The number of halogens is 1. The van der Waals surface area contributed by atoms with Crippen LogP contribution < -0.4 is 4.90 Å². The molecule has 1 aromatic heterocycles. The second kappa shape index (κ2) is 5.81. The van der Waals surface area contributed by atoms with Gasteiger partial charge in [0.1, 0.15) is 0 Å². The Balaban J connectivity index is 1.65. The van der Waals surface area contributed by atoms with Crippen molar-refractivity contribution in [2.45, 2.75) is 0 Å². The Bertz CT molecular complexity index is 594. The molecule has 0 bridgehead atoms. The normalized spacial score (nSPS) is 15.4. The van der Waals surface area contributed by atoms with Crippen LogP contribution in [0.2, 0.25) is 5.02 Å². The number of nitrogens with zero attached hydrogens (tertiary/aromatic N) is 3. The van der Waals surface area contributed by atoms with E-state index in [1.807, 2.05) is 16.5 Å². The van der Waals surface area contributed by atoms with Gasteiger partial charge in [-0.1, -0.05) is 17.7 Å². The molecular formula is C14H14ClN3OS. The number of hydrogen-bond donors (Lipinski definition) is 0. The third-order valence-corrected chi connectivity index (χ3v) is 4.40.